The first-order chi connectivity index (χ1) is 9.63. The molecule has 0 heterocycles. The largest absolute Gasteiger partial charge is 0.463 e. The second-order valence-electron chi connectivity index (χ2n) is 3.75. The third kappa shape index (κ3) is 5.85. The van der Waals surface area contributed by atoms with Crippen LogP contribution in [-0.4, -0.2) is 29.3 Å². The standard InChI is InChI=1S/C13H16N2O5/c1-2-11-19-13(16)9-6-10-14(15(17)18)20-12-7-4-3-5-8-12/h3-9H,2,10-11H2,1H3. The number of hydrogen-bond acceptors (Lipinski definition) is 5. The summed E-state index contributed by atoms with van der Waals surface area (Å²) in [6, 6.07) is 8.36. The molecule has 0 saturated carbocycles. The number of rotatable bonds is 8. The van der Waals surface area contributed by atoms with E-state index in [-0.39, 0.29) is 6.54 Å². The van der Waals surface area contributed by atoms with Gasteiger partial charge in [-0.05, 0) is 24.6 Å². The van der Waals surface area contributed by atoms with E-state index in [0.29, 0.717) is 17.5 Å². The van der Waals surface area contributed by atoms with Crippen LogP contribution in [-0.2, 0) is 9.53 Å². The Morgan fingerprint density at radius 3 is 2.70 bits per heavy atom. The van der Waals surface area contributed by atoms with Crippen LogP contribution in [0.15, 0.2) is 42.5 Å². The highest BCUT2D eigenvalue weighted by Crippen LogP contribution is 2.10. The highest BCUT2D eigenvalue weighted by molar-refractivity contribution is 5.81. The van der Waals surface area contributed by atoms with Crippen molar-refractivity contribution in [2.45, 2.75) is 13.3 Å². The lowest BCUT2D eigenvalue weighted by molar-refractivity contribution is -0.715. The number of ether oxygens (including phenoxy) is 1. The van der Waals surface area contributed by atoms with E-state index in [0.717, 1.165) is 12.5 Å². The molecule has 1 rings (SSSR count). The van der Waals surface area contributed by atoms with E-state index in [9.17, 15) is 14.9 Å². The number of nitro groups is 1. The minimum absolute atomic E-state index is 0.177. The van der Waals surface area contributed by atoms with Gasteiger partial charge >= 0.3 is 5.97 Å². The van der Waals surface area contributed by atoms with Crippen LogP contribution < -0.4 is 4.84 Å². The quantitative estimate of drug-likeness (QED) is 0.313. The van der Waals surface area contributed by atoms with Crippen LogP contribution in [0, 0.1) is 10.1 Å². The van der Waals surface area contributed by atoms with Gasteiger partial charge in [0, 0.05) is 6.08 Å². The van der Waals surface area contributed by atoms with Crippen molar-refractivity contribution >= 4 is 5.97 Å². The molecule has 0 amide bonds. The third-order valence-electron chi connectivity index (χ3n) is 2.10. The molecule has 0 fully saturated rings. The summed E-state index contributed by atoms with van der Waals surface area (Å²) in [5.41, 5.74) is 0. The number of hydrogen-bond donors (Lipinski definition) is 0. The second kappa shape index (κ2) is 8.52. The number of para-hydroxylation sites is 1. The lowest BCUT2D eigenvalue weighted by Gasteiger charge is -2.11. The first-order valence-corrected chi connectivity index (χ1v) is 6.11. The Morgan fingerprint density at radius 1 is 1.40 bits per heavy atom. The van der Waals surface area contributed by atoms with Gasteiger partial charge < -0.3 is 9.57 Å². The number of benzene rings is 1. The monoisotopic (exact) mass is 280 g/mol. The van der Waals surface area contributed by atoms with E-state index >= 15 is 0 Å². The lowest BCUT2D eigenvalue weighted by Crippen LogP contribution is -2.33. The van der Waals surface area contributed by atoms with E-state index in [1.54, 1.807) is 30.3 Å². The summed E-state index contributed by atoms with van der Waals surface area (Å²) in [6.07, 6.45) is 3.17. The van der Waals surface area contributed by atoms with Gasteiger partial charge in [-0.15, -0.1) is 0 Å². The molecule has 0 spiro atoms. The molecule has 1 aromatic carbocycles. The van der Waals surface area contributed by atoms with Crippen LogP contribution in [0.2, 0.25) is 0 Å². The molecule has 0 saturated heterocycles. The summed E-state index contributed by atoms with van der Waals surface area (Å²) in [6.45, 7) is 2.02. The molecular formula is C13H16N2O5. The van der Waals surface area contributed by atoms with Crippen LogP contribution in [0.25, 0.3) is 0 Å². The van der Waals surface area contributed by atoms with Crippen molar-refractivity contribution in [1.82, 2.24) is 5.17 Å². The third-order valence-corrected chi connectivity index (χ3v) is 2.10. The zero-order chi connectivity index (χ0) is 14.8. The van der Waals surface area contributed by atoms with Crippen molar-refractivity contribution in [3.05, 3.63) is 52.6 Å². The van der Waals surface area contributed by atoms with Gasteiger partial charge in [0.1, 0.15) is 6.54 Å². The summed E-state index contributed by atoms with van der Waals surface area (Å²) in [4.78, 5) is 27.1. The summed E-state index contributed by atoms with van der Waals surface area (Å²) >= 11 is 0. The topological polar surface area (TPSA) is 81.9 Å². The molecule has 0 unspecified atom stereocenters. The fourth-order valence-electron chi connectivity index (χ4n) is 1.23. The minimum atomic E-state index is -0.700. The molecule has 1 aromatic rings. The van der Waals surface area contributed by atoms with Gasteiger partial charge in [0.05, 0.1) is 11.8 Å². The predicted molar refractivity (Wildman–Crippen MR) is 71.2 cm³/mol. The number of carbonyl (C=O) groups excluding carboxylic acids is 1. The van der Waals surface area contributed by atoms with Crippen molar-refractivity contribution in [2.24, 2.45) is 0 Å². The van der Waals surface area contributed by atoms with Gasteiger partial charge in [0.15, 0.2) is 10.8 Å². The van der Waals surface area contributed by atoms with Crippen LogP contribution in [0.4, 0.5) is 0 Å². The smallest absolute Gasteiger partial charge is 0.330 e. The summed E-state index contributed by atoms with van der Waals surface area (Å²) < 4.78 is 4.80. The molecule has 20 heavy (non-hydrogen) atoms. The van der Waals surface area contributed by atoms with Crippen LogP contribution in [0.3, 0.4) is 0 Å². The summed E-state index contributed by atoms with van der Waals surface area (Å²) in [5.74, 6) is -0.194. The van der Waals surface area contributed by atoms with Gasteiger partial charge in [-0.25, -0.2) is 14.9 Å². The number of nitrogens with zero attached hydrogens (tertiary/aromatic N) is 2. The Labute approximate surface area is 116 Å². The zero-order valence-electron chi connectivity index (χ0n) is 11.1. The van der Waals surface area contributed by atoms with Crippen molar-refractivity contribution in [3.8, 4) is 5.75 Å². The molecule has 0 aromatic heterocycles. The van der Waals surface area contributed by atoms with Gasteiger partial charge in [0.2, 0.25) is 0 Å². The molecule has 0 radical (unpaired) electrons. The molecule has 0 N–H and O–H groups in total. The predicted octanol–water partition coefficient (Wildman–Crippen LogP) is 1.98. The molecule has 108 valence electrons. The first kappa shape index (κ1) is 15.5. The van der Waals surface area contributed by atoms with E-state index in [1.165, 1.54) is 6.08 Å². The van der Waals surface area contributed by atoms with E-state index in [2.05, 4.69) is 0 Å². The number of carbonyl (C=O) groups is 1. The summed E-state index contributed by atoms with van der Waals surface area (Å²) in [7, 11) is 0. The average Bonchev–Trinajstić information content (AvgIpc) is 2.45. The molecular weight excluding hydrogens is 264 g/mol. The number of esters is 1. The van der Waals surface area contributed by atoms with Crippen LogP contribution >= 0.6 is 0 Å². The summed E-state index contributed by atoms with van der Waals surface area (Å²) in [5, 5.41) is 10.6. The van der Waals surface area contributed by atoms with Gasteiger partial charge in [-0.2, -0.15) is 0 Å². The van der Waals surface area contributed by atoms with Crippen molar-refractivity contribution < 1.29 is 19.4 Å². The maximum absolute atomic E-state index is 11.2. The number of hydrazine groups is 1. The highest BCUT2D eigenvalue weighted by Gasteiger charge is 2.14. The van der Waals surface area contributed by atoms with E-state index < -0.39 is 11.0 Å². The van der Waals surface area contributed by atoms with Gasteiger partial charge in [-0.3, -0.25) is 0 Å². The lowest BCUT2D eigenvalue weighted by atomic mass is 10.3. The zero-order valence-corrected chi connectivity index (χ0v) is 11.1. The van der Waals surface area contributed by atoms with Crippen LogP contribution in [0.5, 0.6) is 5.75 Å². The fraction of sp³-hybridized carbons (Fsp3) is 0.308. The molecule has 0 aliphatic heterocycles. The molecule has 7 nitrogen and oxygen atoms in total. The normalized spacial score (nSPS) is 10.2. The molecule has 7 heteroatoms. The van der Waals surface area contributed by atoms with Gasteiger partial charge in [0.25, 0.3) is 0 Å². The molecule has 0 aliphatic carbocycles. The Kier molecular flexibility index (Phi) is 6.60. The SMILES string of the molecule is CCCOC(=O)C=CCN(Oc1ccccc1)[N+](=O)[O-]. The second-order valence-corrected chi connectivity index (χ2v) is 3.75. The molecule has 0 aliphatic rings. The fourth-order valence-corrected chi connectivity index (χ4v) is 1.23. The Balaban J connectivity index is 2.50. The Hall–Kier alpha value is -2.57. The van der Waals surface area contributed by atoms with Crippen molar-refractivity contribution in [1.29, 1.82) is 0 Å². The van der Waals surface area contributed by atoms with Crippen molar-refractivity contribution in [3.63, 3.8) is 0 Å². The van der Waals surface area contributed by atoms with Crippen molar-refractivity contribution in [2.75, 3.05) is 13.2 Å². The molecule has 0 bridgehead atoms. The highest BCUT2D eigenvalue weighted by atomic mass is 16.8. The van der Waals surface area contributed by atoms with E-state index in [4.69, 9.17) is 9.57 Å². The number of hydroxylamine groups is 1. The minimum Gasteiger partial charge on any atom is -0.463 e. The first-order valence-electron chi connectivity index (χ1n) is 6.11. The molecule has 0 atom stereocenters. The average molecular weight is 280 g/mol. The maximum Gasteiger partial charge on any atom is 0.330 e. The Morgan fingerprint density at radius 2 is 2.10 bits per heavy atom. The van der Waals surface area contributed by atoms with Crippen LogP contribution in [0.1, 0.15) is 13.3 Å². The maximum atomic E-state index is 11.2. The Bertz CT molecular complexity index is 461. The van der Waals surface area contributed by atoms with E-state index in [1.807, 2.05) is 6.92 Å². The van der Waals surface area contributed by atoms with Gasteiger partial charge in [-0.1, -0.05) is 25.1 Å².